The first-order valence-electron chi connectivity index (χ1n) is 4.99. The molecule has 1 heterocycles. The number of amides is 2. The van der Waals surface area contributed by atoms with Gasteiger partial charge in [-0.2, -0.15) is 0 Å². The molecule has 1 fully saturated rings. The van der Waals surface area contributed by atoms with E-state index in [4.69, 9.17) is 0 Å². The van der Waals surface area contributed by atoms with Crippen LogP contribution in [0.4, 0.5) is 0 Å². The number of rotatable bonds is 1. The zero-order valence-corrected chi connectivity index (χ0v) is 9.02. The highest BCUT2D eigenvalue weighted by atomic mass is 16.2. The first kappa shape index (κ1) is 11.2. The van der Waals surface area contributed by atoms with Gasteiger partial charge in [0, 0.05) is 6.92 Å². The third-order valence-corrected chi connectivity index (χ3v) is 3.17. The summed E-state index contributed by atoms with van der Waals surface area (Å²) in [6.45, 7) is 7.00. The molecule has 1 rings (SSSR count). The van der Waals surface area contributed by atoms with E-state index in [9.17, 15) is 9.59 Å². The summed E-state index contributed by atoms with van der Waals surface area (Å²) >= 11 is 0. The molecule has 4 nitrogen and oxygen atoms in total. The highest BCUT2D eigenvalue weighted by molar-refractivity contribution is 5.97. The third kappa shape index (κ3) is 2.12. The van der Waals surface area contributed by atoms with Crippen molar-refractivity contribution in [2.24, 2.45) is 11.3 Å². The van der Waals surface area contributed by atoms with E-state index >= 15 is 0 Å². The minimum absolute atomic E-state index is 0.140. The molecule has 4 heteroatoms. The van der Waals surface area contributed by atoms with Crippen LogP contribution in [0.5, 0.6) is 0 Å². The predicted molar refractivity (Wildman–Crippen MR) is 53.6 cm³/mol. The number of carbonyl (C=O) groups excluding carboxylic acids is 2. The fourth-order valence-corrected chi connectivity index (χ4v) is 1.78. The van der Waals surface area contributed by atoms with Crippen LogP contribution in [0.15, 0.2) is 0 Å². The molecule has 80 valence electrons. The molecular weight excluding hydrogens is 180 g/mol. The first-order chi connectivity index (χ1) is 6.47. The summed E-state index contributed by atoms with van der Waals surface area (Å²) in [6.07, 6.45) is 0.785. The van der Waals surface area contributed by atoms with E-state index in [1.807, 2.05) is 13.8 Å². The maximum absolute atomic E-state index is 11.8. The molecule has 0 aliphatic carbocycles. The van der Waals surface area contributed by atoms with E-state index in [0.29, 0.717) is 0 Å². The summed E-state index contributed by atoms with van der Waals surface area (Å²) in [7, 11) is 0. The molecule has 2 amide bonds. The normalized spacial score (nSPS) is 32.4. The van der Waals surface area contributed by atoms with Gasteiger partial charge in [0.1, 0.15) is 0 Å². The van der Waals surface area contributed by atoms with Gasteiger partial charge in [-0.25, -0.2) is 0 Å². The van der Waals surface area contributed by atoms with E-state index in [2.05, 4.69) is 10.6 Å². The topological polar surface area (TPSA) is 58.2 Å². The molecule has 1 aliphatic heterocycles. The molecule has 0 radical (unpaired) electrons. The minimum atomic E-state index is -0.406. The van der Waals surface area contributed by atoms with Crippen molar-refractivity contribution in [3.8, 4) is 0 Å². The first-order valence-corrected chi connectivity index (χ1v) is 4.99. The SMILES string of the molecule is CC(=O)NC(=O)C1(C)CCNCC1C. The number of imide groups is 1. The fraction of sp³-hybridized carbons (Fsp3) is 0.800. The second-order valence-electron chi connectivity index (χ2n) is 4.28. The Balaban J connectivity index is 2.71. The maximum Gasteiger partial charge on any atom is 0.232 e. The van der Waals surface area contributed by atoms with Crippen LogP contribution in [0, 0.1) is 11.3 Å². The lowest BCUT2D eigenvalue weighted by atomic mass is 9.72. The Kier molecular flexibility index (Phi) is 3.26. The molecule has 0 bridgehead atoms. The number of piperidine rings is 1. The van der Waals surface area contributed by atoms with Gasteiger partial charge in [-0.15, -0.1) is 0 Å². The van der Waals surface area contributed by atoms with Gasteiger partial charge in [0.05, 0.1) is 5.41 Å². The quantitative estimate of drug-likeness (QED) is 0.636. The van der Waals surface area contributed by atoms with Crippen LogP contribution < -0.4 is 10.6 Å². The van der Waals surface area contributed by atoms with E-state index in [0.717, 1.165) is 19.5 Å². The van der Waals surface area contributed by atoms with Gasteiger partial charge in [-0.05, 0) is 25.4 Å². The van der Waals surface area contributed by atoms with E-state index < -0.39 is 5.41 Å². The van der Waals surface area contributed by atoms with E-state index in [1.165, 1.54) is 6.92 Å². The molecule has 0 aromatic carbocycles. The molecule has 0 saturated carbocycles. The summed E-state index contributed by atoms with van der Waals surface area (Å²) in [5.41, 5.74) is -0.406. The zero-order chi connectivity index (χ0) is 10.8. The molecule has 2 atom stereocenters. The Bertz CT molecular complexity index is 253. The minimum Gasteiger partial charge on any atom is -0.316 e. The number of hydrogen-bond donors (Lipinski definition) is 2. The van der Waals surface area contributed by atoms with Crippen molar-refractivity contribution in [2.75, 3.05) is 13.1 Å². The van der Waals surface area contributed by atoms with Gasteiger partial charge in [-0.1, -0.05) is 13.8 Å². The van der Waals surface area contributed by atoms with Crippen LogP contribution in [0.1, 0.15) is 27.2 Å². The Morgan fingerprint density at radius 2 is 2.14 bits per heavy atom. The number of nitrogens with one attached hydrogen (secondary N) is 2. The van der Waals surface area contributed by atoms with Crippen molar-refractivity contribution in [3.63, 3.8) is 0 Å². The molecule has 0 spiro atoms. The van der Waals surface area contributed by atoms with Gasteiger partial charge in [-0.3, -0.25) is 14.9 Å². The standard InChI is InChI=1S/C10H18N2O2/c1-7-6-11-5-4-10(7,3)9(14)12-8(2)13/h7,11H,4-6H2,1-3H3,(H,12,13,14). The molecule has 0 aromatic heterocycles. The van der Waals surface area contributed by atoms with Gasteiger partial charge < -0.3 is 5.32 Å². The van der Waals surface area contributed by atoms with Crippen molar-refractivity contribution >= 4 is 11.8 Å². The number of carbonyl (C=O) groups is 2. The van der Waals surface area contributed by atoms with Crippen molar-refractivity contribution in [3.05, 3.63) is 0 Å². The molecule has 1 saturated heterocycles. The van der Waals surface area contributed by atoms with E-state index in [1.54, 1.807) is 0 Å². The Hall–Kier alpha value is -0.900. The van der Waals surface area contributed by atoms with Crippen LogP contribution in [-0.4, -0.2) is 24.9 Å². The Morgan fingerprint density at radius 1 is 1.50 bits per heavy atom. The second kappa shape index (κ2) is 4.09. The average molecular weight is 198 g/mol. The zero-order valence-electron chi connectivity index (χ0n) is 9.02. The Labute approximate surface area is 84.4 Å². The van der Waals surface area contributed by atoms with Crippen LogP contribution in [0.2, 0.25) is 0 Å². The van der Waals surface area contributed by atoms with Crippen molar-refractivity contribution in [1.82, 2.24) is 10.6 Å². The lowest BCUT2D eigenvalue weighted by Crippen LogP contribution is -2.51. The third-order valence-electron chi connectivity index (χ3n) is 3.17. The summed E-state index contributed by atoms with van der Waals surface area (Å²) in [6, 6.07) is 0. The lowest BCUT2D eigenvalue weighted by molar-refractivity contribution is -0.138. The summed E-state index contributed by atoms with van der Waals surface area (Å²) in [5, 5.41) is 5.61. The van der Waals surface area contributed by atoms with Gasteiger partial charge in [0.2, 0.25) is 11.8 Å². The van der Waals surface area contributed by atoms with Crippen LogP contribution >= 0.6 is 0 Å². The van der Waals surface area contributed by atoms with Gasteiger partial charge >= 0.3 is 0 Å². The van der Waals surface area contributed by atoms with Gasteiger partial charge in [0.25, 0.3) is 0 Å². The monoisotopic (exact) mass is 198 g/mol. The van der Waals surface area contributed by atoms with Crippen LogP contribution in [-0.2, 0) is 9.59 Å². The number of hydrogen-bond acceptors (Lipinski definition) is 3. The highest BCUT2D eigenvalue weighted by Gasteiger charge is 2.40. The van der Waals surface area contributed by atoms with Crippen LogP contribution in [0.25, 0.3) is 0 Å². The van der Waals surface area contributed by atoms with Crippen molar-refractivity contribution < 1.29 is 9.59 Å². The molecule has 1 aliphatic rings. The van der Waals surface area contributed by atoms with Crippen molar-refractivity contribution in [1.29, 1.82) is 0 Å². The predicted octanol–water partition coefficient (Wildman–Crippen LogP) is 0.285. The average Bonchev–Trinajstić information content (AvgIpc) is 2.09. The second-order valence-corrected chi connectivity index (χ2v) is 4.28. The Morgan fingerprint density at radius 3 is 2.64 bits per heavy atom. The summed E-state index contributed by atoms with van der Waals surface area (Å²) in [5.74, 6) is -0.156. The van der Waals surface area contributed by atoms with E-state index in [-0.39, 0.29) is 17.7 Å². The molecular formula is C10H18N2O2. The largest absolute Gasteiger partial charge is 0.316 e. The molecule has 0 aromatic rings. The smallest absolute Gasteiger partial charge is 0.232 e. The summed E-state index contributed by atoms with van der Waals surface area (Å²) in [4.78, 5) is 22.6. The lowest BCUT2D eigenvalue weighted by Gasteiger charge is -2.38. The molecule has 14 heavy (non-hydrogen) atoms. The summed E-state index contributed by atoms with van der Waals surface area (Å²) < 4.78 is 0. The van der Waals surface area contributed by atoms with Crippen LogP contribution in [0.3, 0.4) is 0 Å². The highest BCUT2D eigenvalue weighted by Crippen LogP contribution is 2.33. The maximum atomic E-state index is 11.8. The van der Waals surface area contributed by atoms with Gasteiger partial charge in [0.15, 0.2) is 0 Å². The molecule has 2 unspecified atom stereocenters. The molecule has 2 N–H and O–H groups in total. The van der Waals surface area contributed by atoms with Crippen molar-refractivity contribution in [2.45, 2.75) is 27.2 Å². The fourth-order valence-electron chi connectivity index (χ4n) is 1.78.